The Kier molecular flexibility index (Phi) is 5.91. The summed E-state index contributed by atoms with van der Waals surface area (Å²) >= 11 is 0.909. The maximum Gasteiger partial charge on any atom is 0.324 e. The summed E-state index contributed by atoms with van der Waals surface area (Å²) in [5.74, 6) is 0.167. The molecule has 1 aromatic rings. The van der Waals surface area contributed by atoms with Crippen molar-refractivity contribution in [3.05, 3.63) is 27.1 Å². The fraction of sp³-hybridized carbons (Fsp3) is 0.583. The second-order valence-electron chi connectivity index (χ2n) is 4.90. The first-order valence-electron chi connectivity index (χ1n) is 6.27. The minimum atomic E-state index is -0.477. The van der Waals surface area contributed by atoms with Crippen molar-refractivity contribution in [2.45, 2.75) is 32.4 Å². The van der Waals surface area contributed by atoms with E-state index in [2.05, 4.69) is 17.6 Å². The van der Waals surface area contributed by atoms with Crippen molar-refractivity contribution in [1.29, 1.82) is 0 Å². The zero-order valence-electron chi connectivity index (χ0n) is 11.3. The predicted molar refractivity (Wildman–Crippen MR) is 80.7 cm³/mol. The summed E-state index contributed by atoms with van der Waals surface area (Å²) in [4.78, 5) is 22.6. The lowest BCUT2D eigenvalue weighted by Crippen LogP contribution is -2.55. The van der Waals surface area contributed by atoms with Crippen LogP contribution in [0.5, 0.6) is 0 Å². The van der Waals surface area contributed by atoms with Gasteiger partial charge in [-0.1, -0.05) is 18.3 Å². The van der Waals surface area contributed by atoms with Crippen LogP contribution in [0.3, 0.4) is 0 Å². The topological polar surface area (TPSA) is 84.3 Å². The minimum Gasteiger partial charge on any atom is -0.347 e. The van der Waals surface area contributed by atoms with Gasteiger partial charge >= 0.3 is 5.00 Å². The van der Waals surface area contributed by atoms with Gasteiger partial charge in [0, 0.05) is 18.2 Å². The monoisotopic (exact) mass is 319 g/mol. The molecule has 3 unspecified atom stereocenters. The van der Waals surface area contributed by atoms with Gasteiger partial charge in [-0.05, 0) is 31.9 Å². The molecule has 2 heterocycles. The van der Waals surface area contributed by atoms with E-state index >= 15 is 0 Å². The molecule has 0 aromatic carbocycles. The number of hydrogen-bond donors (Lipinski definition) is 2. The third-order valence-electron chi connectivity index (χ3n) is 3.51. The molecule has 8 heteroatoms. The average molecular weight is 320 g/mol. The normalized spacial score (nSPS) is 25.6. The second kappa shape index (κ2) is 7.01. The van der Waals surface area contributed by atoms with Crippen molar-refractivity contribution in [1.82, 2.24) is 10.6 Å². The molecular formula is C12H18ClN3O3S. The number of amides is 1. The summed E-state index contributed by atoms with van der Waals surface area (Å²) in [7, 11) is 0. The molecule has 0 aliphatic carbocycles. The maximum absolute atomic E-state index is 12.1. The van der Waals surface area contributed by atoms with E-state index in [-0.39, 0.29) is 35.4 Å². The van der Waals surface area contributed by atoms with Gasteiger partial charge in [-0.15, -0.1) is 12.4 Å². The lowest BCUT2D eigenvalue weighted by atomic mass is 9.89. The van der Waals surface area contributed by atoms with Gasteiger partial charge in [-0.3, -0.25) is 14.9 Å². The number of nitro groups is 1. The first-order valence-corrected chi connectivity index (χ1v) is 7.09. The number of nitrogens with one attached hydrogen (secondary N) is 2. The van der Waals surface area contributed by atoms with Crippen LogP contribution in [0.2, 0.25) is 0 Å². The number of rotatable bonds is 3. The van der Waals surface area contributed by atoms with Gasteiger partial charge in [-0.2, -0.15) is 0 Å². The van der Waals surface area contributed by atoms with E-state index in [1.165, 1.54) is 12.1 Å². The highest BCUT2D eigenvalue weighted by Gasteiger charge is 2.29. The van der Waals surface area contributed by atoms with Crippen LogP contribution in [0, 0.1) is 16.0 Å². The molecule has 1 amide bonds. The van der Waals surface area contributed by atoms with Crippen LogP contribution in [-0.2, 0) is 0 Å². The standard InChI is InChI=1S/C12H17N3O3S.ClH/c1-7-5-6-13-8(2)11(7)14-12(16)9-3-4-10(19-9)15(17)18;/h3-4,7-8,11,13H,5-6H2,1-2H3,(H,14,16);1H. The van der Waals surface area contributed by atoms with Gasteiger partial charge in [0.2, 0.25) is 0 Å². The van der Waals surface area contributed by atoms with E-state index in [9.17, 15) is 14.9 Å². The minimum absolute atomic E-state index is 0. The Morgan fingerprint density at radius 3 is 2.75 bits per heavy atom. The number of thiophene rings is 1. The van der Waals surface area contributed by atoms with E-state index in [0.29, 0.717) is 10.8 Å². The Morgan fingerprint density at radius 1 is 1.50 bits per heavy atom. The third-order valence-corrected chi connectivity index (χ3v) is 4.55. The van der Waals surface area contributed by atoms with Crippen molar-refractivity contribution < 1.29 is 9.72 Å². The van der Waals surface area contributed by atoms with Crippen LogP contribution >= 0.6 is 23.7 Å². The van der Waals surface area contributed by atoms with Gasteiger partial charge in [-0.25, -0.2) is 0 Å². The molecule has 6 nitrogen and oxygen atoms in total. The SMILES string of the molecule is CC1CCNC(C)C1NC(=O)c1ccc([N+](=O)[O-])s1.Cl. The summed E-state index contributed by atoms with van der Waals surface area (Å²) in [6.07, 6.45) is 1.01. The second-order valence-corrected chi connectivity index (χ2v) is 5.97. The molecule has 0 spiro atoms. The first-order chi connectivity index (χ1) is 8.99. The van der Waals surface area contributed by atoms with Gasteiger partial charge in [0.25, 0.3) is 5.91 Å². The smallest absolute Gasteiger partial charge is 0.324 e. The lowest BCUT2D eigenvalue weighted by Gasteiger charge is -2.35. The van der Waals surface area contributed by atoms with Crippen molar-refractivity contribution >= 4 is 34.7 Å². The van der Waals surface area contributed by atoms with Crippen LogP contribution in [0.15, 0.2) is 12.1 Å². The largest absolute Gasteiger partial charge is 0.347 e. The third kappa shape index (κ3) is 3.68. The number of piperidine rings is 1. The van der Waals surface area contributed by atoms with Crippen LogP contribution < -0.4 is 10.6 Å². The maximum atomic E-state index is 12.1. The molecule has 1 aliphatic rings. The highest BCUT2D eigenvalue weighted by molar-refractivity contribution is 7.17. The number of halogens is 1. The van der Waals surface area contributed by atoms with Gasteiger partial charge < -0.3 is 10.6 Å². The van der Waals surface area contributed by atoms with E-state index < -0.39 is 4.92 Å². The average Bonchev–Trinajstić information content (AvgIpc) is 2.83. The van der Waals surface area contributed by atoms with E-state index in [1.54, 1.807) is 0 Å². The van der Waals surface area contributed by atoms with Gasteiger partial charge in [0.05, 0.1) is 9.80 Å². The highest BCUT2D eigenvalue weighted by Crippen LogP contribution is 2.24. The van der Waals surface area contributed by atoms with Crippen LogP contribution in [0.25, 0.3) is 0 Å². The highest BCUT2D eigenvalue weighted by atomic mass is 35.5. The van der Waals surface area contributed by atoms with Gasteiger partial charge in [0.1, 0.15) is 0 Å². The van der Waals surface area contributed by atoms with Crippen molar-refractivity contribution in [3.63, 3.8) is 0 Å². The van der Waals surface area contributed by atoms with Crippen LogP contribution in [0.4, 0.5) is 5.00 Å². The number of carbonyl (C=O) groups excluding carboxylic acids is 1. The van der Waals surface area contributed by atoms with E-state index in [4.69, 9.17) is 0 Å². The Labute approximate surface area is 127 Å². The molecule has 0 saturated carbocycles. The van der Waals surface area contributed by atoms with Crippen molar-refractivity contribution in [2.24, 2.45) is 5.92 Å². The molecule has 1 fully saturated rings. The van der Waals surface area contributed by atoms with Crippen LogP contribution in [-0.4, -0.2) is 29.5 Å². The molecule has 0 bridgehead atoms. The fourth-order valence-electron chi connectivity index (χ4n) is 2.38. The Morgan fingerprint density at radius 2 is 2.20 bits per heavy atom. The number of carbonyl (C=O) groups is 1. The van der Waals surface area contributed by atoms with Crippen molar-refractivity contribution in [3.8, 4) is 0 Å². The van der Waals surface area contributed by atoms with Crippen molar-refractivity contribution in [2.75, 3.05) is 6.54 Å². The summed E-state index contributed by atoms with van der Waals surface area (Å²) in [6.45, 7) is 5.11. The molecule has 2 N–H and O–H groups in total. The molecule has 1 aromatic heterocycles. The van der Waals surface area contributed by atoms with E-state index in [0.717, 1.165) is 24.3 Å². The summed E-state index contributed by atoms with van der Waals surface area (Å²) in [5, 5.41) is 16.9. The fourth-order valence-corrected chi connectivity index (χ4v) is 3.10. The molecule has 20 heavy (non-hydrogen) atoms. The summed E-state index contributed by atoms with van der Waals surface area (Å²) in [5.41, 5.74) is 0. The summed E-state index contributed by atoms with van der Waals surface area (Å²) in [6, 6.07) is 3.14. The Bertz CT molecular complexity index is 484. The molecule has 2 rings (SSSR count). The Hall–Kier alpha value is -1.18. The molecule has 3 atom stereocenters. The Balaban J connectivity index is 0.00000200. The molecule has 0 radical (unpaired) electrons. The first kappa shape index (κ1) is 16.9. The van der Waals surface area contributed by atoms with E-state index in [1.807, 2.05) is 6.92 Å². The quantitative estimate of drug-likeness (QED) is 0.660. The summed E-state index contributed by atoms with van der Waals surface area (Å²) < 4.78 is 0. The molecule has 1 aliphatic heterocycles. The number of hydrogen-bond acceptors (Lipinski definition) is 5. The molecule has 1 saturated heterocycles. The zero-order chi connectivity index (χ0) is 14.0. The lowest BCUT2D eigenvalue weighted by molar-refractivity contribution is -0.380. The zero-order valence-corrected chi connectivity index (χ0v) is 12.9. The number of nitrogens with zero attached hydrogens (tertiary/aromatic N) is 1. The molecule has 112 valence electrons. The van der Waals surface area contributed by atoms with Gasteiger partial charge in [0.15, 0.2) is 0 Å². The van der Waals surface area contributed by atoms with Crippen LogP contribution in [0.1, 0.15) is 29.9 Å². The predicted octanol–water partition coefficient (Wildman–Crippen LogP) is 2.19. The molecular weight excluding hydrogens is 302 g/mol.